The number of aryl methyl sites for hydroxylation is 3. The molecule has 0 radical (unpaired) electrons. The van der Waals surface area contributed by atoms with E-state index in [1.54, 1.807) is 11.3 Å². The molecule has 0 saturated heterocycles. The van der Waals surface area contributed by atoms with Crippen LogP contribution >= 0.6 is 11.3 Å². The highest BCUT2D eigenvalue weighted by Crippen LogP contribution is 2.35. The summed E-state index contributed by atoms with van der Waals surface area (Å²) in [7, 11) is 1.88. The van der Waals surface area contributed by atoms with Gasteiger partial charge in [-0.05, 0) is 34.1 Å². The number of carbonyl (C=O) groups excluding carboxylic acids is 1. The smallest absolute Gasteiger partial charge is 0.230 e. The summed E-state index contributed by atoms with van der Waals surface area (Å²) >= 11 is 1.71. The van der Waals surface area contributed by atoms with Crippen molar-refractivity contribution in [2.24, 2.45) is 0 Å². The molecule has 25 heavy (non-hydrogen) atoms. The topological polar surface area (TPSA) is 59.2 Å². The number of thiazole rings is 1. The van der Waals surface area contributed by atoms with Gasteiger partial charge in [0.05, 0.1) is 28.4 Å². The summed E-state index contributed by atoms with van der Waals surface area (Å²) in [6, 6.07) is -0.00739. The number of amides is 1. The lowest BCUT2D eigenvalue weighted by Crippen LogP contribution is -2.34. The quantitative estimate of drug-likeness (QED) is 0.733. The third-order valence-corrected chi connectivity index (χ3v) is 6.42. The van der Waals surface area contributed by atoms with Gasteiger partial charge in [-0.25, -0.2) is 4.98 Å². The van der Waals surface area contributed by atoms with E-state index in [2.05, 4.69) is 30.9 Å². The molecule has 6 heteroatoms. The molecule has 2 rings (SSSR count). The molecule has 0 aromatic carbocycles. The second-order valence-corrected chi connectivity index (χ2v) is 8.04. The molecule has 0 aliphatic heterocycles. The molecule has 0 saturated carbocycles. The number of carbonyl (C=O) groups is 1. The van der Waals surface area contributed by atoms with Crippen LogP contribution in [0, 0.1) is 20.8 Å². The molecule has 2 heterocycles. The number of nitrogens with zero attached hydrogens (tertiary/aromatic N) is 3. The Morgan fingerprint density at radius 1 is 1.20 bits per heavy atom. The number of hydrogen-bond donors (Lipinski definition) is 0. The van der Waals surface area contributed by atoms with Crippen molar-refractivity contribution in [2.45, 2.75) is 72.8 Å². The highest BCUT2D eigenvalue weighted by atomic mass is 32.1. The molecule has 2 aromatic rings. The first-order valence-corrected chi connectivity index (χ1v) is 9.67. The van der Waals surface area contributed by atoms with E-state index in [1.807, 2.05) is 39.6 Å². The van der Waals surface area contributed by atoms with Crippen LogP contribution in [0.15, 0.2) is 4.52 Å². The largest absolute Gasteiger partial charge is 0.361 e. The fourth-order valence-corrected chi connectivity index (χ4v) is 4.33. The van der Waals surface area contributed by atoms with E-state index in [4.69, 9.17) is 4.52 Å². The lowest BCUT2D eigenvalue weighted by Gasteiger charge is -2.28. The maximum Gasteiger partial charge on any atom is 0.230 e. The predicted octanol–water partition coefficient (Wildman–Crippen LogP) is 4.89. The van der Waals surface area contributed by atoms with Gasteiger partial charge in [0.25, 0.3) is 0 Å². The first kappa shape index (κ1) is 19.6. The zero-order chi connectivity index (χ0) is 18.9. The van der Waals surface area contributed by atoms with E-state index in [0.29, 0.717) is 5.92 Å². The van der Waals surface area contributed by atoms with Crippen LogP contribution in [-0.4, -0.2) is 28.0 Å². The van der Waals surface area contributed by atoms with Gasteiger partial charge in [-0.1, -0.05) is 25.9 Å². The van der Waals surface area contributed by atoms with Gasteiger partial charge >= 0.3 is 0 Å². The molecular weight excluding hydrogens is 334 g/mol. The van der Waals surface area contributed by atoms with Crippen molar-refractivity contribution in [3.05, 3.63) is 32.6 Å². The maximum absolute atomic E-state index is 13.2. The Morgan fingerprint density at radius 3 is 2.28 bits per heavy atom. The van der Waals surface area contributed by atoms with Crippen molar-refractivity contribution >= 4 is 17.2 Å². The van der Waals surface area contributed by atoms with Crippen molar-refractivity contribution in [3.8, 4) is 0 Å². The molecule has 2 atom stereocenters. The lowest BCUT2D eigenvalue weighted by atomic mass is 9.93. The molecule has 0 aliphatic carbocycles. The van der Waals surface area contributed by atoms with Crippen LogP contribution in [-0.2, 0) is 4.79 Å². The Morgan fingerprint density at radius 2 is 1.84 bits per heavy atom. The summed E-state index contributed by atoms with van der Waals surface area (Å²) in [5.74, 6) is 1.01. The van der Waals surface area contributed by atoms with Gasteiger partial charge in [0.1, 0.15) is 5.76 Å². The van der Waals surface area contributed by atoms with Gasteiger partial charge in [0.15, 0.2) is 0 Å². The van der Waals surface area contributed by atoms with Crippen molar-refractivity contribution in [2.75, 3.05) is 7.05 Å². The summed E-state index contributed by atoms with van der Waals surface area (Å²) in [6.07, 6.45) is 0.720. The van der Waals surface area contributed by atoms with E-state index in [0.717, 1.165) is 39.0 Å². The highest BCUT2D eigenvalue weighted by molar-refractivity contribution is 7.11. The van der Waals surface area contributed by atoms with Crippen LogP contribution in [0.4, 0.5) is 0 Å². The van der Waals surface area contributed by atoms with Gasteiger partial charge < -0.3 is 9.42 Å². The number of hydrogen-bond acceptors (Lipinski definition) is 5. The van der Waals surface area contributed by atoms with Gasteiger partial charge in [0.2, 0.25) is 5.91 Å². The second kappa shape index (κ2) is 7.68. The van der Waals surface area contributed by atoms with Crippen LogP contribution < -0.4 is 0 Å². The van der Waals surface area contributed by atoms with Gasteiger partial charge in [-0.3, -0.25) is 4.79 Å². The first-order valence-electron chi connectivity index (χ1n) is 8.85. The van der Waals surface area contributed by atoms with E-state index in [-0.39, 0.29) is 17.9 Å². The van der Waals surface area contributed by atoms with Gasteiger partial charge in [-0.2, -0.15) is 0 Å². The minimum Gasteiger partial charge on any atom is -0.361 e. The molecule has 138 valence electrons. The van der Waals surface area contributed by atoms with Crippen molar-refractivity contribution in [1.29, 1.82) is 0 Å². The van der Waals surface area contributed by atoms with Gasteiger partial charge in [-0.15, -0.1) is 11.3 Å². The number of likely N-dealkylation sites (N-methyl/N-ethyl adjacent to an activating group) is 1. The van der Waals surface area contributed by atoms with Gasteiger partial charge in [0, 0.05) is 23.4 Å². The Labute approximate surface area is 154 Å². The molecule has 1 amide bonds. The van der Waals surface area contributed by atoms with Crippen LogP contribution in [0.5, 0.6) is 0 Å². The first-order chi connectivity index (χ1) is 11.7. The Bertz CT molecular complexity index is 728. The second-order valence-electron chi connectivity index (χ2n) is 6.98. The SMILES string of the molecule is CCC(C(=O)N(C)C(C)c1sc(C(C)C)nc1C)c1c(C)noc1C. The van der Waals surface area contributed by atoms with Crippen LogP contribution in [0.2, 0.25) is 0 Å². The third-order valence-electron chi connectivity index (χ3n) is 4.79. The number of rotatable bonds is 6. The summed E-state index contributed by atoms with van der Waals surface area (Å²) < 4.78 is 5.27. The summed E-state index contributed by atoms with van der Waals surface area (Å²) in [5, 5.41) is 5.14. The molecule has 0 aliphatic rings. The van der Waals surface area contributed by atoms with Crippen LogP contribution in [0.3, 0.4) is 0 Å². The Balaban J connectivity index is 2.29. The normalized spacial score (nSPS) is 14.0. The van der Waals surface area contributed by atoms with Crippen LogP contribution in [0.1, 0.15) is 84.6 Å². The van der Waals surface area contributed by atoms with E-state index in [9.17, 15) is 4.79 Å². The average Bonchev–Trinajstić information content (AvgIpc) is 3.11. The zero-order valence-corrected chi connectivity index (χ0v) is 17.3. The summed E-state index contributed by atoms with van der Waals surface area (Å²) in [4.78, 5) is 20.9. The third kappa shape index (κ3) is 3.78. The minimum atomic E-state index is -0.225. The average molecular weight is 364 g/mol. The monoisotopic (exact) mass is 363 g/mol. The van der Waals surface area contributed by atoms with Crippen molar-refractivity contribution < 1.29 is 9.32 Å². The van der Waals surface area contributed by atoms with E-state index >= 15 is 0 Å². The summed E-state index contributed by atoms with van der Waals surface area (Å²) in [6.45, 7) is 14.2. The van der Waals surface area contributed by atoms with E-state index in [1.165, 1.54) is 0 Å². The molecule has 0 fully saturated rings. The molecule has 0 spiro atoms. The summed E-state index contributed by atoms with van der Waals surface area (Å²) in [5.41, 5.74) is 2.75. The minimum absolute atomic E-state index is 0.00739. The van der Waals surface area contributed by atoms with Crippen LogP contribution in [0.25, 0.3) is 0 Å². The molecular formula is C19H29N3O2S. The maximum atomic E-state index is 13.2. The zero-order valence-electron chi connectivity index (χ0n) is 16.5. The highest BCUT2D eigenvalue weighted by Gasteiger charge is 2.31. The molecule has 0 N–H and O–H groups in total. The Hall–Kier alpha value is -1.69. The fraction of sp³-hybridized carbons (Fsp3) is 0.632. The lowest BCUT2D eigenvalue weighted by molar-refractivity contribution is -0.133. The fourth-order valence-electron chi connectivity index (χ4n) is 3.17. The molecule has 2 unspecified atom stereocenters. The Kier molecular flexibility index (Phi) is 6.03. The van der Waals surface area contributed by atoms with Crippen molar-refractivity contribution in [1.82, 2.24) is 15.0 Å². The molecule has 0 bridgehead atoms. The molecule has 2 aromatic heterocycles. The number of aromatic nitrogens is 2. The molecule has 5 nitrogen and oxygen atoms in total. The van der Waals surface area contributed by atoms with E-state index < -0.39 is 0 Å². The predicted molar refractivity (Wildman–Crippen MR) is 101 cm³/mol. The standard InChI is InChI=1S/C19H29N3O2S/c1-9-15(16-11(4)21-24-14(16)7)19(23)22(8)13(6)17-12(5)20-18(25-17)10(2)3/h10,13,15H,9H2,1-8H3. The van der Waals surface area contributed by atoms with Crippen molar-refractivity contribution in [3.63, 3.8) is 0 Å².